The van der Waals surface area contributed by atoms with Gasteiger partial charge in [-0.15, -0.1) is 0 Å². The van der Waals surface area contributed by atoms with Crippen LogP contribution in [0.5, 0.6) is 0 Å². The maximum Gasteiger partial charge on any atom is 0.328 e. The molecule has 0 radical (unpaired) electrons. The van der Waals surface area contributed by atoms with E-state index in [1.54, 1.807) is 24.3 Å². The Morgan fingerprint density at radius 1 is 1.14 bits per heavy atom. The highest BCUT2D eigenvalue weighted by Crippen LogP contribution is 2.28. The molecular weight excluding hydrogens is 423 g/mol. The molecule has 0 fully saturated rings. The molecule has 2 amide bonds. The van der Waals surface area contributed by atoms with Gasteiger partial charge in [-0.3, -0.25) is 14.4 Å². The molecular formula is C19H20Cl2N2O6. The first-order valence-electron chi connectivity index (χ1n) is 8.62. The van der Waals surface area contributed by atoms with E-state index in [1.807, 2.05) is 6.07 Å². The summed E-state index contributed by atoms with van der Waals surface area (Å²) >= 11 is 11.8. The van der Waals surface area contributed by atoms with Crippen LogP contribution in [0.15, 0.2) is 40.4 Å². The Kier molecular flexibility index (Phi) is 8.04. The molecule has 0 bridgehead atoms. The summed E-state index contributed by atoms with van der Waals surface area (Å²) in [7, 11) is 2.36. The minimum Gasteiger partial charge on any atom is -0.469 e. The van der Waals surface area contributed by atoms with Crippen molar-refractivity contribution in [2.24, 2.45) is 0 Å². The van der Waals surface area contributed by atoms with E-state index in [4.69, 9.17) is 27.9 Å². The fourth-order valence-electron chi connectivity index (χ4n) is 2.82. The Balaban J connectivity index is 2.22. The molecule has 2 rings (SSSR count). The molecule has 1 aliphatic rings. The van der Waals surface area contributed by atoms with Crippen LogP contribution in [0.3, 0.4) is 0 Å². The van der Waals surface area contributed by atoms with Gasteiger partial charge in [-0.1, -0.05) is 53.5 Å². The van der Waals surface area contributed by atoms with Crippen molar-refractivity contribution in [3.63, 3.8) is 0 Å². The number of benzene rings is 1. The predicted octanol–water partition coefficient (Wildman–Crippen LogP) is 1.35. The lowest BCUT2D eigenvalue weighted by atomic mass is 10.0. The van der Waals surface area contributed by atoms with Crippen LogP contribution >= 0.6 is 23.2 Å². The number of ether oxygens (including phenoxy) is 2. The van der Waals surface area contributed by atoms with Crippen molar-refractivity contribution in [3.05, 3.63) is 46.0 Å². The zero-order valence-electron chi connectivity index (χ0n) is 15.8. The van der Waals surface area contributed by atoms with Crippen molar-refractivity contribution in [1.82, 2.24) is 10.2 Å². The fourth-order valence-corrected chi connectivity index (χ4v) is 3.20. The molecule has 156 valence electrons. The van der Waals surface area contributed by atoms with Crippen LogP contribution in [-0.2, 0) is 35.1 Å². The monoisotopic (exact) mass is 442 g/mol. The van der Waals surface area contributed by atoms with E-state index in [0.29, 0.717) is 0 Å². The first-order valence-corrected chi connectivity index (χ1v) is 9.38. The first kappa shape index (κ1) is 22.7. The van der Waals surface area contributed by atoms with Crippen molar-refractivity contribution in [2.45, 2.75) is 24.9 Å². The summed E-state index contributed by atoms with van der Waals surface area (Å²) in [5, 5.41) is 2.40. The van der Waals surface area contributed by atoms with E-state index >= 15 is 0 Å². The van der Waals surface area contributed by atoms with E-state index in [2.05, 4.69) is 10.1 Å². The van der Waals surface area contributed by atoms with Crippen LogP contribution in [0, 0.1) is 0 Å². The molecule has 1 aliphatic heterocycles. The first-order chi connectivity index (χ1) is 13.8. The van der Waals surface area contributed by atoms with E-state index in [9.17, 15) is 19.2 Å². The minimum absolute atomic E-state index is 0.0631. The highest BCUT2D eigenvalue weighted by molar-refractivity contribution is 6.49. The van der Waals surface area contributed by atoms with Crippen LogP contribution in [0.2, 0.25) is 0 Å². The van der Waals surface area contributed by atoms with Crippen LogP contribution in [0.1, 0.15) is 12.0 Å². The number of carbonyl (C=O) groups excluding carboxylic acids is 4. The van der Waals surface area contributed by atoms with Crippen LogP contribution in [-0.4, -0.2) is 61.5 Å². The van der Waals surface area contributed by atoms with Gasteiger partial charge in [0.05, 0.1) is 32.2 Å². The Labute approximate surface area is 177 Å². The highest BCUT2D eigenvalue weighted by Gasteiger charge is 2.39. The summed E-state index contributed by atoms with van der Waals surface area (Å²) in [5.41, 5.74) is 0.790. The fraction of sp³-hybridized carbons (Fsp3) is 0.368. The summed E-state index contributed by atoms with van der Waals surface area (Å²) in [6, 6.07) is 6.72. The smallest absolute Gasteiger partial charge is 0.328 e. The zero-order valence-corrected chi connectivity index (χ0v) is 17.3. The highest BCUT2D eigenvalue weighted by atomic mass is 35.5. The number of rotatable bonds is 8. The minimum atomic E-state index is -1.26. The van der Waals surface area contributed by atoms with E-state index in [1.165, 1.54) is 7.11 Å². The predicted molar refractivity (Wildman–Crippen MR) is 105 cm³/mol. The number of esters is 2. The lowest BCUT2D eigenvalue weighted by Crippen LogP contribution is -2.54. The van der Waals surface area contributed by atoms with E-state index < -0.39 is 42.3 Å². The molecule has 0 saturated heterocycles. The number of halogens is 2. The summed E-state index contributed by atoms with van der Waals surface area (Å²) in [6.07, 6.45) is -0.264. The molecule has 1 N–H and O–H groups in total. The Morgan fingerprint density at radius 2 is 1.79 bits per heavy atom. The number of carbonyl (C=O) groups is 4. The quantitative estimate of drug-likeness (QED) is 0.609. The summed E-state index contributed by atoms with van der Waals surface area (Å²) in [5.74, 6) is -2.79. The molecule has 29 heavy (non-hydrogen) atoms. The second-order valence-corrected chi connectivity index (χ2v) is 7.06. The third-order valence-corrected chi connectivity index (χ3v) is 5.14. The van der Waals surface area contributed by atoms with Gasteiger partial charge in [0.1, 0.15) is 17.1 Å². The summed E-state index contributed by atoms with van der Waals surface area (Å²) in [6.45, 7) is -0.129. The van der Waals surface area contributed by atoms with Crippen molar-refractivity contribution in [3.8, 4) is 0 Å². The SMILES string of the molecule is COC(=O)C[C@@H](C(=O)N[C@@H](Cc1ccccc1)C(=O)OC)N1CC(Cl)=C(Cl)C1=O. The van der Waals surface area contributed by atoms with Crippen LogP contribution in [0.4, 0.5) is 0 Å². The second-order valence-electron chi connectivity index (χ2n) is 6.22. The maximum absolute atomic E-state index is 12.9. The molecule has 1 heterocycles. The molecule has 8 nitrogen and oxygen atoms in total. The number of nitrogens with one attached hydrogen (secondary N) is 1. The molecule has 1 aromatic rings. The molecule has 0 unspecified atom stereocenters. The Morgan fingerprint density at radius 3 is 2.31 bits per heavy atom. The lowest BCUT2D eigenvalue weighted by Gasteiger charge is -2.28. The average Bonchev–Trinajstić information content (AvgIpc) is 2.98. The largest absolute Gasteiger partial charge is 0.469 e. The number of hydrogen-bond donors (Lipinski definition) is 1. The number of hydrogen-bond acceptors (Lipinski definition) is 6. The van der Waals surface area contributed by atoms with Crippen molar-refractivity contribution < 1.29 is 28.7 Å². The van der Waals surface area contributed by atoms with Crippen molar-refractivity contribution in [2.75, 3.05) is 20.8 Å². The van der Waals surface area contributed by atoms with Gasteiger partial charge in [0.2, 0.25) is 5.91 Å². The Bertz CT molecular complexity index is 827. The zero-order chi connectivity index (χ0) is 21.6. The molecule has 0 aliphatic carbocycles. The van der Waals surface area contributed by atoms with E-state index in [0.717, 1.165) is 17.6 Å². The topological polar surface area (TPSA) is 102 Å². The second kappa shape index (κ2) is 10.3. The van der Waals surface area contributed by atoms with Gasteiger partial charge in [-0.2, -0.15) is 0 Å². The van der Waals surface area contributed by atoms with Gasteiger partial charge in [0.15, 0.2) is 0 Å². The Hall–Kier alpha value is -2.58. The summed E-state index contributed by atoms with van der Waals surface area (Å²) in [4.78, 5) is 50.3. The standard InChI is InChI=1S/C19H20Cl2N2O6/c1-28-15(24)9-14(23-10-12(20)16(21)18(23)26)17(25)22-13(19(27)29-2)8-11-6-4-3-5-7-11/h3-7,13-14H,8-10H2,1-2H3,(H,22,25)/t13-,14-/m0/s1. The third-order valence-electron chi connectivity index (χ3n) is 4.35. The molecule has 2 atom stereocenters. The number of amides is 2. The summed E-state index contributed by atoms with van der Waals surface area (Å²) < 4.78 is 9.39. The number of methoxy groups -OCH3 is 2. The molecule has 0 saturated carbocycles. The van der Waals surface area contributed by atoms with Crippen molar-refractivity contribution >= 4 is 47.0 Å². The van der Waals surface area contributed by atoms with Gasteiger partial charge < -0.3 is 19.7 Å². The van der Waals surface area contributed by atoms with Gasteiger partial charge in [0, 0.05) is 6.42 Å². The van der Waals surface area contributed by atoms with E-state index in [-0.39, 0.29) is 23.0 Å². The normalized spacial score (nSPS) is 15.7. The maximum atomic E-state index is 12.9. The molecule has 0 aromatic heterocycles. The van der Waals surface area contributed by atoms with Gasteiger partial charge in [-0.05, 0) is 5.56 Å². The molecule has 10 heteroatoms. The lowest BCUT2D eigenvalue weighted by molar-refractivity contribution is -0.148. The molecule has 1 aromatic carbocycles. The average molecular weight is 443 g/mol. The van der Waals surface area contributed by atoms with Gasteiger partial charge in [0.25, 0.3) is 5.91 Å². The van der Waals surface area contributed by atoms with Crippen LogP contribution in [0.25, 0.3) is 0 Å². The van der Waals surface area contributed by atoms with Gasteiger partial charge in [-0.25, -0.2) is 4.79 Å². The number of nitrogens with zero attached hydrogens (tertiary/aromatic N) is 1. The van der Waals surface area contributed by atoms with Crippen LogP contribution < -0.4 is 5.32 Å². The van der Waals surface area contributed by atoms with Crippen molar-refractivity contribution in [1.29, 1.82) is 0 Å². The third kappa shape index (κ3) is 5.71. The molecule has 0 spiro atoms. The van der Waals surface area contributed by atoms with Gasteiger partial charge >= 0.3 is 11.9 Å².